The van der Waals surface area contributed by atoms with Gasteiger partial charge >= 0.3 is 0 Å². The minimum atomic E-state index is -3.86. The average Bonchev–Trinajstić information content (AvgIpc) is 3.31. The van der Waals surface area contributed by atoms with Crippen LogP contribution < -0.4 is 14.8 Å². The van der Waals surface area contributed by atoms with E-state index in [1.54, 1.807) is 12.0 Å². The minimum absolute atomic E-state index is 0.0626. The number of ether oxygens (including phenoxy) is 1. The van der Waals surface area contributed by atoms with E-state index < -0.39 is 39.3 Å². The van der Waals surface area contributed by atoms with Crippen LogP contribution in [-0.4, -0.2) is 50.6 Å². The molecule has 44 heavy (non-hydrogen) atoms. The number of methoxy groups -OCH3 is 1. The maximum atomic E-state index is 14.6. The molecule has 1 aliphatic carbocycles. The molecule has 2 fully saturated rings. The van der Waals surface area contributed by atoms with Crippen LogP contribution in [0.5, 0.6) is 5.75 Å². The van der Waals surface area contributed by atoms with Crippen LogP contribution in [0, 0.1) is 17.3 Å². The molecule has 8 nitrogen and oxygen atoms in total. The second kappa shape index (κ2) is 13.2. The van der Waals surface area contributed by atoms with E-state index in [2.05, 4.69) is 63.7 Å². The number of sulfonamides is 1. The molecule has 4 atom stereocenters. The van der Waals surface area contributed by atoms with Gasteiger partial charge in [-0.3, -0.25) is 14.3 Å². The molecule has 0 spiro atoms. The lowest BCUT2D eigenvalue weighted by atomic mass is 9.72. The van der Waals surface area contributed by atoms with Crippen molar-refractivity contribution in [2.45, 2.75) is 104 Å². The summed E-state index contributed by atoms with van der Waals surface area (Å²) in [5, 5.41) is 3.79. The third-order valence-corrected chi connectivity index (χ3v) is 9.82. The molecule has 4 rings (SSSR count). The highest BCUT2D eigenvalue weighted by Gasteiger charge is 2.58. The van der Waals surface area contributed by atoms with E-state index in [1.807, 2.05) is 36.4 Å². The van der Waals surface area contributed by atoms with Crippen molar-refractivity contribution in [1.29, 1.82) is 0 Å². The lowest BCUT2D eigenvalue weighted by molar-refractivity contribution is -0.145. The molecule has 2 aliphatic rings. The number of amides is 2. The predicted molar refractivity (Wildman–Crippen MR) is 175 cm³/mol. The van der Waals surface area contributed by atoms with E-state index in [0.29, 0.717) is 6.54 Å². The van der Waals surface area contributed by atoms with Crippen LogP contribution >= 0.6 is 0 Å². The summed E-state index contributed by atoms with van der Waals surface area (Å²) in [6, 6.07) is 14.2. The summed E-state index contributed by atoms with van der Waals surface area (Å²) in [6.45, 7) is 13.1. The van der Waals surface area contributed by atoms with E-state index >= 15 is 0 Å². The quantitative estimate of drug-likeness (QED) is 0.389. The first kappa shape index (κ1) is 34.0. The van der Waals surface area contributed by atoms with Crippen LogP contribution in [0.2, 0.25) is 0 Å². The molecule has 0 bridgehead atoms. The molecule has 0 aromatic heterocycles. The van der Waals surface area contributed by atoms with Gasteiger partial charge in [-0.2, -0.15) is 0 Å². The van der Waals surface area contributed by atoms with Crippen molar-refractivity contribution in [3.05, 3.63) is 65.2 Å². The highest BCUT2D eigenvalue weighted by molar-refractivity contribution is 7.89. The van der Waals surface area contributed by atoms with Gasteiger partial charge in [0, 0.05) is 30.0 Å². The van der Waals surface area contributed by atoms with E-state index in [4.69, 9.17) is 4.74 Å². The Bertz CT molecular complexity index is 1420. The van der Waals surface area contributed by atoms with E-state index in [1.165, 1.54) is 5.56 Å². The Balaban J connectivity index is 1.87. The van der Waals surface area contributed by atoms with Gasteiger partial charge in [0.25, 0.3) is 5.91 Å². The number of likely N-dealkylation sites (tertiary alicyclic amines) is 1. The van der Waals surface area contributed by atoms with Gasteiger partial charge in [0.1, 0.15) is 11.8 Å². The molecule has 9 heteroatoms. The maximum Gasteiger partial charge on any atom is 0.256 e. The van der Waals surface area contributed by atoms with Crippen LogP contribution in [0.4, 0.5) is 0 Å². The number of nitrogens with one attached hydrogen (secondary N) is 2. The molecule has 242 valence electrons. The number of rotatable bonds is 8. The number of benzene rings is 2. The van der Waals surface area contributed by atoms with Gasteiger partial charge < -0.3 is 15.0 Å². The molecule has 2 N–H and O–H groups in total. The summed E-state index contributed by atoms with van der Waals surface area (Å²) >= 11 is 0. The number of hydrogen-bond acceptors (Lipinski definition) is 6. The SMILES string of the molecule is COc1ccc(C(C)(C)C)cc1CN[C@@H]1[C@@H](C(C)(C)C)[C@H](C(=O)NS(C)(=O)=O)N(C(=O)C2CCCCC2)[C@@H]1c1ccccc1. The van der Waals surface area contributed by atoms with E-state index in [9.17, 15) is 18.0 Å². The Kier molecular flexibility index (Phi) is 10.2. The van der Waals surface area contributed by atoms with Crippen LogP contribution in [0.3, 0.4) is 0 Å². The molecule has 1 aliphatic heterocycles. The lowest BCUT2D eigenvalue weighted by Crippen LogP contribution is -2.54. The van der Waals surface area contributed by atoms with Crippen molar-refractivity contribution in [3.63, 3.8) is 0 Å². The van der Waals surface area contributed by atoms with Crippen molar-refractivity contribution in [2.24, 2.45) is 17.3 Å². The van der Waals surface area contributed by atoms with Gasteiger partial charge in [-0.1, -0.05) is 103 Å². The molecule has 2 aromatic rings. The summed E-state index contributed by atoms with van der Waals surface area (Å²) in [5.74, 6) is -0.578. The summed E-state index contributed by atoms with van der Waals surface area (Å²) in [5.41, 5.74) is 2.53. The predicted octanol–water partition coefficient (Wildman–Crippen LogP) is 5.72. The topological polar surface area (TPSA) is 105 Å². The second-order valence-electron chi connectivity index (χ2n) is 14.7. The zero-order valence-corrected chi connectivity index (χ0v) is 28.5. The van der Waals surface area contributed by atoms with Crippen LogP contribution in [0.1, 0.15) is 96.4 Å². The van der Waals surface area contributed by atoms with Gasteiger partial charge in [0.15, 0.2) is 0 Å². The monoisotopic (exact) mass is 625 g/mol. The fraction of sp³-hybridized carbons (Fsp3) is 0.600. The van der Waals surface area contributed by atoms with E-state index in [0.717, 1.165) is 55.2 Å². The van der Waals surface area contributed by atoms with Crippen molar-refractivity contribution in [1.82, 2.24) is 14.9 Å². The first-order chi connectivity index (χ1) is 20.5. The number of carbonyl (C=O) groups excluding carboxylic acids is 2. The van der Waals surface area contributed by atoms with Crippen molar-refractivity contribution < 1.29 is 22.7 Å². The normalized spacial score (nSPS) is 23.4. The standard InChI is InChI=1S/C35H51N3O5S/c1-34(2,3)26-19-20-27(43-7)25(21-26)22-36-29-28(35(4,5)6)31(32(39)37-44(8,41)42)38(30(29)23-15-11-9-12-16-23)33(40)24-17-13-10-14-18-24/h9,11-12,15-16,19-21,24,28-31,36H,10,13-14,17-18,22H2,1-8H3,(H,37,39)/t28-,29-,30-,31-/m1/s1. The molecule has 2 amide bonds. The number of hydrogen-bond donors (Lipinski definition) is 2. The van der Waals surface area contributed by atoms with Gasteiger partial charge in [0.2, 0.25) is 15.9 Å². The third kappa shape index (κ3) is 7.65. The lowest BCUT2D eigenvalue weighted by Gasteiger charge is -2.37. The summed E-state index contributed by atoms with van der Waals surface area (Å²) in [7, 11) is -2.20. The Hall–Kier alpha value is -2.91. The first-order valence-electron chi connectivity index (χ1n) is 15.8. The number of nitrogens with zero attached hydrogens (tertiary/aromatic N) is 1. The van der Waals surface area contributed by atoms with Crippen molar-refractivity contribution >= 4 is 21.8 Å². The summed E-state index contributed by atoms with van der Waals surface area (Å²) < 4.78 is 32.8. The molecule has 1 saturated carbocycles. The third-order valence-electron chi connectivity index (χ3n) is 9.25. The van der Waals surface area contributed by atoms with Gasteiger partial charge in [-0.15, -0.1) is 0 Å². The molecule has 0 unspecified atom stereocenters. The molecular formula is C35H51N3O5S. The zero-order chi connectivity index (χ0) is 32.4. The molecular weight excluding hydrogens is 574 g/mol. The Labute approximate surface area is 264 Å². The van der Waals surface area contributed by atoms with E-state index in [-0.39, 0.29) is 23.3 Å². The Morgan fingerprint density at radius 2 is 1.59 bits per heavy atom. The average molecular weight is 626 g/mol. The van der Waals surface area contributed by atoms with Crippen LogP contribution in [-0.2, 0) is 31.6 Å². The van der Waals surface area contributed by atoms with Crippen molar-refractivity contribution in [3.8, 4) is 5.75 Å². The van der Waals surface area contributed by atoms with Gasteiger partial charge in [0.05, 0.1) is 19.4 Å². The fourth-order valence-electron chi connectivity index (χ4n) is 7.16. The largest absolute Gasteiger partial charge is 0.496 e. The molecule has 0 radical (unpaired) electrons. The smallest absolute Gasteiger partial charge is 0.256 e. The molecule has 2 aromatic carbocycles. The number of carbonyl (C=O) groups is 2. The highest BCUT2D eigenvalue weighted by Crippen LogP contribution is 2.49. The Morgan fingerprint density at radius 3 is 2.14 bits per heavy atom. The van der Waals surface area contributed by atoms with Crippen LogP contribution in [0.15, 0.2) is 48.5 Å². The molecule has 1 saturated heterocycles. The highest BCUT2D eigenvalue weighted by atomic mass is 32.2. The van der Waals surface area contributed by atoms with Crippen LogP contribution in [0.25, 0.3) is 0 Å². The summed E-state index contributed by atoms with van der Waals surface area (Å²) in [4.78, 5) is 30.3. The zero-order valence-electron chi connectivity index (χ0n) is 27.6. The molecule has 1 heterocycles. The van der Waals surface area contributed by atoms with Gasteiger partial charge in [-0.05, 0) is 40.9 Å². The van der Waals surface area contributed by atoms with Gasteiger partial charge in [-0.25, -0.2) is 8.42 Å². The second-order valence-corrected chi connectivity index (χ2v) is 16.4. The first-order valence-corrected chi connectivity index (χ1v) is 17.7. The van der Waals surface area contributed by atoms with Crippen molar-refractivity contribution in [2.75, 3.05) is 13.4 Å². The maximum absolute atomic E-state index is 14.6. The Morgan fingerprint density at radius 1 is 0.955 bits per heavy atom. The fourth-order valence-corrected chi connectivity index (χ4v) is 7.65. The summed E-state index contributed by atoms with van der Waals surface area (Å²) in [6.07, 6.45) is 5.55. The minimum Gasteiger partial charge on any atom is -0.496 e.